The molecular formula is C18H14N4O4. The van der Waals surface area contributed by atoms with Crippen molar-refractivity contribution in [2.45, 2.75) is 13.0 Å². The maximum absolute atomic E-state index is 12.5. The summed E-state index contributed by atoms with van der Waals surface area (Å²) in [5.74, 6) is -2.15. The van der Waals surface area contributed by atoms with E-state index in [2.05, 4.69) is 15.3 Å². The third kappa shape index (κ3) is 3.39. The van der Waals surface area contributed by atoms with Gasteiger partial charge in [0.15, 0.2) is 6.04 Å². The minimum atomic E-state index is -1.04. The number of azo groups is 1. The summed E-state index contributed by atoms with van der Waals surface area (Å²) in [6, 6.07) is 13.1. The smallest absolute Gasteiger partial charge is 0.335 e. The highest BCUT2D eigenvalue weighted by Gasteiger charge is 2.37. The summed E-state index contributed by atoms with van der Waals surface area (Å²) in [6.07, 6.45) is 0. The zero-order valence-electron chi connectivity index (χ0n) is 13.7. The summed E-state index contributed by atoms with van der Waals surface area (Å²) in [4.78, 5) is 35.7. The zero-order chi connectivity index (χ0) is 18.7. The van der Waals surface area contributed by atoms with E-state index in [0.29, 0.717) is 17.0 Å². The maximum atomic E-state index is 12.5. The van der Waals surface area contributed by atoms with Crippen molar-refractivity contribution < 1.29 is 19.5 Å². The topological polar surface area (TPSA) is 112 Å². The van der Waals surface area contributed by atoms with Crippen LogP contribution in [0, 0.1) is 0 Å². The van der Waals surface area contributed by atoms with Crippen molar-refractivity contribution in [3.63, 3.8) is 0 Å². The van der Waals surface area contributed by atoms with Crippen molar-refractivity contribution in [1.82, 2.24) is 5.01 Å². The molecule has 8 heteroatoms. The molecule has 0 bridgehead atoms. The normalized spacial score (nSPS) is 16.8. The van der Waals surface area contributed by atoms with Crippen LogP contribution in [0.1, 0.15) is 27.6 Å². The molecule has 8 nitrogen and oxygen atoms in total. The van der Waals surface area contributed by atoms with Gasteiger partial charge in [0.25, 0.3) is 11.8 Å². The molecule has 1 atom stereocenters. The van der Waals surface area contributed by atoms with Crippen molar-refractivity contribution in [2.24, 2.45) is 15.3 Å². The number of hydrogen-bond acceptors (Lipinski definition) is 6. The van der Waals surface area contributed by atoms with E-state index >= 15 is 0 Å². The molecule has 0 fully saturated rings. The molecule has 0 aliphatic carbocycles. The molecule has 3 rings (SSSR count). The van der Waals surface area contributed by atoms with Gasteiger partial charge in [-0.1, -0.05) is 18.2 Å². The first-order valence-electron chi connectivity index (χ1n) is 7.70. The van der Waals surface area contributed by atoms with E-state index in [9.17, 15) is 14.4 Å². The molecule has 1 aliphatic heterocycles. The first-order valence-corrected chi connectivity index (χ1v) is 7.70. The first kappa shape index (κ1) is 17.2. The van der Waals surface area contributed by atoms with E-state index in [4.69, 9.17) is 5.11 Å². The van der Waals surface area contributed by atoms with E-state index in [1.165, 1.54) is 24.3 Å². The molecule has 1 aliphatic rings. The van der Waals surface area contributed by atoms with Crippen LogP contribution in [0.25, 0.3) is 0 Å². The number of aromatic carboxylic acids is 1. The van der Waals surface area contributed by atoms with Gasteiger partial charge in [0.2, 0.25) is 0 Å². The third-order valence-electron chi connectivity index (χ3n) is 3.71. The molecule has 0 saturated heterocycles. The Morgan fingerprint density at radius 2 is 1.69 bits per heavy atom. The van der Waals surface area contributed by atoms with Gasteiger partial charge in [0.1, 0.15) is 0 Å². The fourth-order valence-electron chi connectivity index (χ4n) is 2.33. The van der Waals surface area contributed by atoms with Crippen LogP contribution in [-0.2, 0) is 4.79 Å². The molecule has 1 heterocycles. The van der Waals surface area contributed by atoms with Gasteiger partial charge in [0, 0.05) is 5.56 Å². The van der Waals surface area contributed by atoms with Crippen LogP contribution in [0.4, 0.5) is 5.69 Å². The molecule has 130 valence electrons. The fraction of sp³-hybridized carbons (Fsp3) is 0.111. The number of hydrogen-bond donors (Lipinski definition) is 1. The van der Waals surface area contributed by atoms with Gasteiger partial charge < -0.3 is 5.11 Å². The lowest BCUT2D eigenvalue weighted by Crippen LogP contribution is -2.34. The number of carbonyl (C=O) groups is 3. The predicted molar refractivity (Wildman–Crippen MR) is 92.4 cm³/mol. The molecule has 2 amide bonds. The summed E-state index contributed by atoms with van der Waals surface area (Å²) in [5, 5.41) is 21.6. The highest BCUT2D eigenvalue weighted by atomic mass is 16.4. The van der Waals surface area contributed by atoms with Crippen LogP contribution in [0.2, 0.25) is 0 Å². The minimum absolute atomic E-state index is 0.123. The zero-order valence-corrected chi connectivity index (χ0v) is 13.7. The van der Waals surface area contributed by atoms with Gasteiger partial charge in [-0.25, -0.2) is 4.79 Å². The summed E-state index contributed by atoms with van der Waals surface area (Å²) in [5.41, 5.74) is 1.21. The Hall–Kier alpha value is -3.68. The van der Waals surface area contributed by atoms with E-state index in [1.54, 1.807) is 37.3 Å². The molecule has 26 heavy (non-hydrogen) atoms. The number of nitrogens with zero attached hydrogens (tertiary/aromatic N) is 4. The molecule has 1 unspecified atom stereocenters. The summed E-state index contributed by atoms with van der Waals surface area (Å²) in [6.45, 7) is 1.59. The van der Waals surface area contributed by atoms with Crippen LogP contribution in [0.3, 0.4) is 0 Å². The van der Waals surface area contributed by atoms with Gasteiger partial charge >= 0.3 is 5.97 Å². The third-order valence-corrected chi connectivity index (χ3v) is 3.71. The highest BCUT2D eigenvalue weighted by molar-refractivity contribution is 6.18. The fourth-order valence-corrected chi connectivity index (χ4v) is 2.33. The van der Waals surface area contributed by atoms with Crippen LogP contribution < -0.4 is 0 Å². The number of carboxylic acid groups (broad SMARTS) is 1. The van der Waals surface area contributed by atoms with Crippen molar-refractivity contribution in [1.29, 1.82) is 0 Å². The average molecular weight is 350 g/mol. The lowest BCUT2D eigenvalue weighted by molar-refractivity contribution is -0.127. The standard InChI is InChI=1S/C18H14N4O4/c1-11-15(20-19-14-9-7-13(8-10-14)18(25)26)17(24)22(21-11)16(23)12-5-3-2-4-6-12/h2-10,15H,1H3,(H,25,26). The Bertz CT molecular complexity index is 920. The number of imide groups is 1. The van der Waals surface area contributed by atoms with E-state index in [-0.39, 0.29) is 5.56 Å². The number of carboxylic acids is 1. The Kier molecular flexibility index (Phi) is 4.66. The second-order valence-electron chi connectivity index (χ2n) is 5.53. The number of amides is 2. The largest absolute Gasteiger partial charge is 0.478 e. The van der Waals surface area contributed by atoms with Crippen molar-refractivity contribution in [3.05, 3.63) is 65.7 Å². The molecule has 0 aromatic heterocycles. The van der Waals surface area contributed by atoms with E-state index in [1.807, 2.05) is 0 Å². The molecule has 0 radical (unpaired) electrons. The second kappa shape index (κ2) is 7.06. The Labute approximate surface area is 148 Å². The van der Waals surface area contributed by atoms with Gasteiger partial charge in [-0.2, -0.15) is 20.3 Å². The van der Waals surface area contributed by atoms with Crippen LogP contribution in [0.5, 0.6) is 0 Å². The molecular weight excluding hydrogens is 336 g/mol. The Morgan fingerprint density at radius 3 is 2.31 bits per heavy atom. The first-order chi connectivity index (χ1) is 12.5. The van der Waals surface area contributed by atoms with Crippen LogP contribution >= 0.6 is 0 Å². The lowest BCUT2D eigenvalue weighted by Gasteiger charge is -2.10. The molecule has 1 N–H and O–H groups in total. The van der Waals surface area contributed by atoms with E-state index < -0.39 is 23.8 Å². The van der Waals surface area contributed by atoms with Crippen molar-refractivity contribution in [2.75, 3.05) is 0 Å². The number of carbonyl (C=O) groups excluding carboxylic acids is 2. The summed E-state index contributed by atoms with van der Waals surface area (Å²) < 4.78 is 0. The Morgan fingerprint density at radius 1 is 1.04 bits per heavy atom. The SMILES string of the molecule is CC1=NN(C(=O)c2ccccc2)C(=O)C1N=Nc1ccc(C(=O)O)cc1. The van der Waals surface area contributed by atoms with Crippen LogP contribution in [-0.4, -0.2) is 39.7 Å². The summed E-state index contributed by atoms with van der Waals surface area (Å²) >= 11 is 0. The van der Waals surface area contributed by atoms with Gasteiger partial charge in [-0.05, 0) is 43.3 Å². The second-order valence-corrected chi connectivity index (χ2v) is 5.53. The Balaban J connectivity index is 1.75. The number of benzene rings is 2. The minimum Gasteiger partial charge on any atom is -0.478 e. The lowest BCUT2D eigenvalue weighted by atomic mass is 10.2. The molecule has 0 saturated carbocycles. The van der Waals surface area contributed by atoms with Crippen LogP contribution in [0.15, 0.2) is 69.9 Å². The number of rotatable bonds is 4. The highest BCUT2D eigenvalue weighted by Crippen LogP contribution is 2.19. The van der Waals surface area contributed by atoms with Crippen molar-refractivity contribution in [3.8, 4) is 0 Å². The quantitative estimate of drug-likeness (QED) is 0.675. The van der Waals surface area contributed by atoms with Gasteiger partial charge in [-0.3, -0.25) is 9.59 Å². The predicted octanol–water partition coefficient (Wildman–Crippen LogP) is 2.90. The molecule has 2 aromatic carbocycles. The van der Waals surface area contributed by atoms with Gasteiger partial charge in [0.05, 0.1) is 17.0 Å². The monoisotopic (exact) mass is 350 g/mol. The average Bonchev–Trinajstić information content (AvgIpc) is 2.94. The molecule has 0 spiro atoms. The summed E-state index contributed by atoms with van der Waals surface area (Å²) in [7, 11) is 0. The maximum Gasteiger partial charge on any atom is 0.335 e. The number of hydrazone groups is 1. The van der Waals surface area contributed by atoms with E-state index in [0.717, 1.165) is 5.01 Å². The molecule has 2 aromatic rings. The van der Waals surface area contributed by atoms with Crippen molar-refractivity contribution >= 4 is 29.2 Å². The van der Waals surface area contributed by atoms with Gasteiger partial charge in [-0.15, -0.1) is 0 Å².